The molecule has 20 heavy (non-hydrogen) atoms. The maximum atomic E-state index is 9.58. The minimum absolute atomic E-state index is 0.0866. The first-order valence-corrected chi connectivity index (χ1v) is 7.72. The van der Waals surface area contributed by atoms with Crippen molar-refractivity contribution >= 4 is 0 Å². The van der Waals surface area contributed by atoms with Gasteiger partial charge in [-0.1, -0.05) is 0 Å². The molecule has 2 aliphatic rings. The Kier molecular flexibility index (Phi) is 4.65. The van der Waals surface area contributed by atoms with Gasteiger partial charge in [-0.05, 0) is 55.7 Å². The summed E-state index contributed by atoms with van der Waals surface area (Å²) < 4.78 is 5.43. The standard InChI is InChI=1S/C16H24N2O2/c19-15-10-13(11-15)16(9-12-1-5-17-6-2-12)18-14-3-7-20-8-4-14/h1-2,5-6,13-16,18-19H,3-4,7-11H2/t13?,15?,16-/m0/s1. The van der Waals surface area contributed by atoms with Crippen LogP contribution in [0.4, 0.5) is 0 Å². The zero-order valence-electron chi connectivity index (χ0n) is 11.9. The Morgan fingerprint density at radius 2 is 1.95 bits per heavy atom. The van der Waals surface area contributed by atoms with E-state index in [0.717, 1.165) is 45.3 Å². The lowest BCUT2D eigenvalue weighted by Crippen LogP contribution is -2.50. The summed E-state index contributed by atoms with van der Waals surface area (Å²) >= 11 is 0. The Balaban J connectivity index is 1.61. The average Bonchev–Trinajstić information content (AvgIpc) is 2.46. The molecule has 1 aromatic rings. The molecule has 1 aliphatic heterocycles. The van der Waals surface area contributed by atoms with Crippen molar-refractivity contribution in [2.45, 2.75) is 50.3 Å². The topological polar surface area (TPSA) is 54.4 Å². The molecule has 4 heteroatoms. The van der Waals surface area contributed by atoms with E-state index in [2.05, 4.69) is 22.4 Å². The normalized spacial score (nSPS) is 28.9. The van der Waals surface area contributed by atoms with Gasteiger partial charge in [-0.25, -0.2) is 0 Å². The minimum Gasteiger partial charge on any atom is -0.393 e. The maximum absolute atomic E-state index is 9.58. The highest BCUT2D eigenvalue weighted by Gasteiger charge is 2.35. The van der Waals surface area contributed by atoms with Crippen LogP contribution in [-0.4, -0.2) is 41.5 Å². The summed E-state index contributed by atoms with van der Waals surface area (Å²) in [6, 6.07) is 5.21. The molecule has 0 amide bonds. The third-order valence-electron chi connectivity index (χ3n) is 4.59. The van der Waals surface area contributed by atoms with E-state index in [0.29, 0.717) is 18.0 Å². The molecular weight excluding hydrogens is 252 g/mol. The zero-order valence-corrected chi connectivity index (χ0v) is 11.9. The van der Waals surface area contributed by atoms with Gasteiger partial charge in [-0.2, -0.15) is 0 Å². The monoisotopic (exact) mass is 276 g/mol. The first-order valence-electron chi connectivity index (χ1n) is 7.72. The van der Waals surface area contributed by atoms with Crippen LogP contribution in [0, 0.1) is 5.92 Å². The highest BCUT2D eigenvalue weighted by Crippen LogP contribution is 2.32. The molecule has 110 valence electrons. The van der Waals surface area contributed by atoms with Crippen molar-refractivity contribution in [3.05, 3.63) is 30.1 Å². The molecule has 0 spiro atoms. The van der Waals surface area contributed by atoms with Gasteiger partial charge >= 0.3 is 0 Å². The molecule has 1 aliphatic carbocycles. The zero-order chi connectivity index (χ0) is 13.8. The van der Waals surface area contributed by atoms with Crippen LogP contribution in [0.25, 0.3) is 0 Å². The van der Waals surface area contributed by atoms with Crippen LogP contribution in [0.15, 0.2) is 24.5 Å². The van der Waals surface area contributed by atoms with E-state index in [1.54, 1.807) is 0 Å². The predicted molar refractivity (Wildman–Crippen MR) is 77.4 cm³/mol. The Morgan fingerprint density at radius 1 is 1.25 bits per heavy atom. The highest BCUT2D eigenvalue weighted by molar-refractivity contribution is 5.12. The third-order valence-corrected chi connectivity index (χ3v) is 4.59. The number of hydrogen-bond donors (Lipinski definition) is 2. The van der Waals surface area contributed by atoms with Gasteiger partial charge in [0.05, 0.1) is 6.10 Å². The second kappa shape index (κ2) is 6.66. The summed E-state index contributed by atoms with van der Waals surface area (Å²) in [6.45, 7) is 1.74. The molecule has 4 nitrogen and oxygen atoms in total. The number of rotatable bonds is 5. The molecule has 3 rings (SSSR count). The molecule has 0 bridgehead atoms. The molecule has 0 unspecified atom stereocenters. The summed E-state index contributed by atoms with van der Waals surface area (Å²) in [5.74, 6) is 0.598. The Hall–Kier alpha value is -0.970. The quantitative estimate of drug-likeness (QED) is 0.856. The number of aliphatic hydroxyl groups excluding tert-OH is 1. The van der Waals surface area contributed by atoms with Crippen molar-refractivity contribution in [1.29, 1.82) is 0 Å². The van der Waals surface area contributed by atoms with E-state index in [4.69, 9.17) is 4.74 Å². The molecule has 1 aromatic heterocycles. The van der Waals surface area contributed by atoms with Gasteiger partial charge in [-0.15, -0.1) is 0 Å². The van der Waals surface area contributed by atoms with Crippen LogP contribution in [0.1, 0.15) is 31.2 Å². The summed E-state index contributed by atoms with van der Waals surface area (Å²) in [6.07, 6.45) is 8.73. The lowest BCUT2D eigenvalue weighted by molar-refractivity contribution is 0.0151. The predicted octanol–water partition coefficient (Wildman–Crippen LogP) is 1.53. The lowest BCUT2D eigenvalue weighted by atomic mass is 9.75. The van der Waals surface area contributed by atoms with Gasteiger partial charge in [0.2, 0.25) is 0 Å². The van der Waals surface area contributed by atoms with E-state index in [1.165, 1.54) is 5.56 Å². The first kappa shape index (κ1) is 14.0. The number of hydrogen-bond acceptors (Lipinski definition) is 4. The number of aromatic nitrogens is 1. The fraction of sp³-hybridized carbons (Fsp3) is 0.688. The number of nitrogens with zero attached hydrogens (tertiary/aromatic N) is 1. The smallest absolute Gasteiger partial charge is 0.0546 e. The molecule has 1 saturated carbocycles. The Labute approximate surface area is 120 Å². The van der Waals surface area contributed by atoms with Crippen molar-refractivity contribution in [2.75, 3.05) is 13.2 Å². The maximum Gasteiger partial charge on any atom is 0.0546 e. The summed E-state index contributed by atoms with van der Waals surface area (Å²) in [5, 5.41) is 13.4. The Bertz CT molecular complexity index is 400. The van der Waals surface area contributed by atoms with Gasteiger partial charge in [-0.3, -0.25) is 4.98 Å². The largest absolute Gasteiger partial charge is 0.393 e. The van der Waals surface area contributed by atoms with E-state index in [9.17, 15) is 5.11 Å². The van der Waals surface area contributed by atoms with Crippen molar-refractivity contribution in [1.82, 2.24) is 10.3 Å². The van der Waals surface area contributed by atoms with Gasteiger partial charge in [0.1, 0.15) is 0 Å². The van der Waals surface area contributed by atoms with E-state index < -0.39 is 0 Å². The van der Waals surface area contributed by atoms with Crippen LogP contribution in [0.3, 0.4) is 0 Å². The molecule has 2 fully saturated rings. The fourth-order valence-corrected chi connectivity index (χ4v) is 3.26. The highest BCUT2D eigenvalue weighted by atomic mass is 16.5. The first-order chi connectivity index (χ1) is 9.81. The van der Waals surface area contributed by atoms with Crippen LogP contribution < -0.4 is 5.32 Å². The molecule has 0 aromatic carbocycles. The van der Waals surface area contributed by atoms with Crippen molar-refractivity contribution in [3.63, 3.8) is 0 Å². The fourth-order valence-electron chi connectivity index (χ4n) is 3.26. The van der Waals surface area contributed by atoms with E-state index in [1.807, 2.05) is 12.4 Å². The van der Waals surface area contributed by atoms with E-state index in [-0.39, 0.29) is 6.10 Å². The molecule has 2 N–H and O–H groups in total. The lowest BCUT2D eigenvalue weighted by Gasteiger charge is -2.40. The summed E-state index contributed by atoms with van der Waals surface area (Å²) in [5.41, 5.74) is 1.32. The average molecular weight is 276 g/mol. The number of nitrogens with one attached hydrogen (secondary N) is 1. The van der Waals surface area contributed by atoms with Crippen LogP contribution >= 0.6 is 0 Å². The van der Waals surface area contributed by atoms with E-state index >= 15 is 0 Å². The second-order valence-corrected chi connectivity index (χ2v) is 6.10. The second-order valence-electron chi connectivity index (χ2n) is 6.10. The Morgan fingerprint density at radius 3 is 2.60 bits per heavy atom. The molecule has 1 saturated heterocycles. The van der Waals surface area contributed by atoms with Crippen molar-refractivity contribution in [2.24, 2.45) is 5.92 Å². The minimum atomic E-state index is -0.0866. The summed E-state index contributed by atoms with van der Waals surface area (Å²) in [4.78, 5) is 4.08. The molecular formula is C16H24N2O2. The van der Waals surface area contributed by atoms with Gasteiger partial charge in [0, 0.05) is 37.7 Å². The number of pyridine rings is 1. The SMILES string of the molecule is OC1CC([C@H](Cc2ccncc2)NC2CCOCC2)C1. The summed E-state index contributed by atoms with van der Waals surface area (Å²) in [7, 11) is 0. The molecule has 1 atom stereocenters. The van der Waals surface area contributed by atoms with Gasteiger partial charge < -0.3 is 15.2 Å². The number of ether oxygens (including phenoxy) is 1. The molecule has 0 radical (unpaired) electrons. The van der Waals surface area contributed by atoms with Crippen molar-refractivity contribution in [3.8, 4) is 0 Å². The third kappa shape index (κ3) is 3.57. The molecule has 2 heterocycles. The van der Waals surface area contributed by atoms with Gasteiger partial charge in [0.25, 0.3) is 0 Å². The van der Waals surface area contributed by atoms with Gasteiger partial charge in [0.15, 0.2) is 0 Å². The number of aliphatic hydroxyl groups is 1. The van der Waals surface area contributed by atoms with Crippen LogP contribution in [0.2, 0.25) is 0 Å². The van der Waals surface area contributed by atoms with Crippen LogP contribution in [0.5, 0.6) is 0 Å². The van der Waals surface area contributed by atoms with Crippen LogP contribution in [-0.2, 0) is 11.2 Å². The van der Waals surface area contributed by atoms with Crippen molar-refractivity contribution < 1.29 is 9.84 Å².